The Balaban J connectivity index is 1.33. The summed E-state index contributed by atoms with van der Waals surface area (Å²) >= 11 is 0. The third-order valence-electron chi connectivity index (χ3n) is 8.24. The molecule has 2 saturated heterocycles. The average molecular weight is 568 g/mol. The van der Waals surface area contributed by atoms with Crippen LogP contribution in [0.4, 0.5) is 0 Å². The van der Waals surface area contributed by atoms with Gasteiger partial charge in [-0.25, -0.2) is 0 Å². The first kappa shape index (κ1) is 30.0. The van der Waals surface area contributed by atoms with Crippen molar-refractivity contribution in [2.45, 2.75) is 83.0 Å². The molecule has 2 fully saturated rings. The molecule has 7 N–H and O–H groups in total. The number of amides is 3. The summed E-state index contributed by atoms with van der Waals surface area (Å²) in [6.07, 6.45) is 4.49. The Hall–Kier alpha value is -3.93. The van der Waals surface area contributed by atoms with Gasteiger partial charge < -0.3 is 36.3 Å². The lowest BCUT2D eigenvalue weighted by atomic mass is 10.0. The van der Waals surface area contributed by atoms with Crippen molar-refractivity contribution in [2.24, 2.45) is 11.5 Å². The number of carboxylic acids is 1. The van der Waals surface area contributed by atoms with Crippen molar-refractivity contribution in [1.29, 1.82) is 5.41 Å². The fourth-order valence-corrected chi connectivity index (χ4v) is 6.00. The molecular weight excluding hydrogens is 526 g/mol. The van der Waals surface area contributed by atoms with Crippen LogP contribution in [0.25, 0.3) is 10.9 Å². The fourth-order valence-electron chi connectivity index (χ4n) is 6.00. The Bertz CT molecular complexity index is 1320. The number of nitrogen functional groups attached to an aromatic ring is 1. The summed E-state index contributed by atoms with van der Waals surface area (Å²) in [5, 5.41) is 20.4. The topological polar surface area (TPSA) is 188 Å². The number of carboxylic acid groups (broad SMARTS) is 1. The predicted octanol–water partition coefficient (Wildman–Crippen LogP) is 1.17. The van der Waals surface area contributed by atoms with Gasteiger partial charge in [-0.05, 0) is 69.4 Å². The number of aliphatic carboxylic acids is 1. The van der Waals surface area contributed by atoms with Gasteiger partial charge in [0.25, 0.3) is 0 Å². The van der Waals surface area contributed by atoms with Gasteiger partial charge in [-0.2, -0.15) is 0 Å². The van der Waals surface area contributed by atoms with Crippen LogP contribution in [0.3, 0.4) is 0 Å². The molecule has 3 atom stereocenters. The average Bonchev–Trinajstić information content (AvgIpc) is 3.56. The highest BCUT2D eigenvalue weighted by molar-refractivity contribution is 5.98. The molecule has 2 aromatic rings. The molecule has 0 radical (unpaired) electrons. The van der Waals surface area contributed by atoms with Gasteiger partial charge in [0.05, 0.1) is 6.54 Å². The minimum Gasteiger partial charge on any atom is -0.480 e. The number of carbonyl (C=O) groups excluding carboxylic acids is 3. The molecule has 12 heteroatoms. The van der Waals surface area contributed by atoms with E-state index in [0.29, 0.717) is 31.5 Å². The first-order valence-electron chi connectivity index (χ1n) is 14.4. The molecule has 1 aromatic carbocycles. The summed E-state index contributed by atoms with van der Waals surface area (Å²) in [6.45, 7) is 3.97. The van der Waals surface area contributed by atoms with E-state index >= 15 is 0 Å². The highest BCUT2D eigenvalue weighted by atomic mass is 16.4. The number of aryl methyl sites for hydroxylation is 2. The van der Waals surface area contributed by atoms with Gasteiger partial charge in [0.1, 0.15) is 17.9 Å². The van der Waals surface area contributed by atoms with Crippen LogP contribution < -0.4 is 16.8 Å². The first-order valence-corrected chi connectivity index (χ1v) is 14.4. The molecule has 2 aliphatic heterocycles. The Kier molecular flexibility index (Phi) is 9.64. The number of aromatic nitrogens is 1. The van der Waals surface area contributed by atoms with Crippen LogP contribution in [0.5, 0.6) is 0 Å². The number of nitrogens with one attached hydrogen (secondary N) is 2. The summed E-state index contributed by atoms with van der Waals surface area (Å²) in [6, 6.07) is 6.20. The minimum atomic E-state index is -1.17. The summed E-state index contributed by atoms with van der Waals surface area (Å²) in [4.78, 5) is 53.0. The number of carbonyl (C=O) groups is 4. The quantitative estimate of drug-likeness (QED) is 0.188. The van der Waals surface area contributed by atoms with Crippen molar-refractivity contribution in [3.63, 3.8) is 0 Å². The minimum absolute atomic E-state index is 0.0148. The Labute approximate surface area is 239 Å². The van der Waals surface area contributed by atoms with Gasteiger partial charge in [0.2, 0.25) is 17.7 Å². The lowest BCUT2D eigenvalue weighted by Crippen LogP contribution is -2.55. The number of fused-ring (bicyclic) bond motifs is 1. The maximum absolute atomic E-state index is 13.4. The molecule has 12 nitrogen and oxygen atoms in total. The van der Waals surface area contributed by atoms with Crippen molar-refractivity contribution in [1.82, 2.24) is 19.7 Å². The molecule has 0 saturated carbocycles. The van der Waals surface area contributed by atoms with E-state index in [0.717, 1.165) is 43.1 Å². The Morgan fingerprint density at radius 2 is 1.93 bits per heavy atom. The van der Waals surface area contributed by atoms with E-state index < -0.39 is 24.0 Å². The number of piperidine rings is 1. The fraction of sp³-hybridized carbons (Fsp3) is 0.552. The number of rotatable bonds is 12. The van der Waals surface area contributed by atoms with Crippen molar-refractivity contribution in [2.75, 3.05) is 19.6 Å². The molecule has 1 unspecified atom stereocenters. The normalized spacial score (nSPS) is 19.9. The van der Waals surface area contributed by atoms with E-state index in [2.05, 4.69) is 22.9 Å². The maximum atomic E-state index is 13.4. The van der Waals surface area contributed by atoms with E-state index in [-0.39, 0.29) is 43.1 Å². The summed E-state index contributed by atoms with van der Waals surface area (Å²) < 4.78 is 2.24. The molecule has 3 amide bonds. The number of nitrogens with two attached hydrogens (primary N) is 2. The van der Waals surface area contributed by atoms with Crippen LogP contribution in [0.15, 0.2) is 24.3 Å². The third kappa shape index (κ3) is 7.05. The lowest BCUT2D eigenvalue weighted by molar-refractivity contribution is -0.145. The van der Waals surface area contributed by atoms with Crippen molar-refractivity contribution in [3.05, 3.63) is 35.5 Å². The smallest absolute Gasteiger partial charge is 0.320 e. The van der Waals surface area contributed by atoms with E-state index in [9.17, 15) is 19.2 Å². The first-order chi connectivity index (χ1) is 19.6. The molecule has 1 aromatic heterocycles. The van der Waals surface area contributed by atoms with Crippen LogP contribution in [-0.2, 0) is 32.1 Å². The van der Waals surface area contributed by atoms with E-state index in [1.165, 1.54) is 10.6 Å². The second-order valence-electron chi connectivity index (χ2n) is 11.0. The van der Waals surface area contributed by atoms with Gasteiger partial charge in [0.15, 0.2) is 0 Å². The van der Waals surface area contributed by atoms with Gasteiger partial charge >= 0.3 is 5.97 Å². The van der Waals surface area contributed by atoms with Crippen molar-refractivity contribution in [3.8, 4) is 0 Å². The summed E-state index contributed by atoms with van der Waals surface area (Å²) in [5.41, 5.74) is 14.1. The zero-order valence-electron chi connectivity index (χ0n) is 23.6. The third-order valence-corrected chi connectivity index (χ3v) is 8.24. The van der Waals surface area contributed by atoms with Crippen LogP contribution in [-0.4, -0.2) is 86.8 Å². The zero-order valence-corrected chi connectivity index (χ0v) is 23.6. The number of hydrogen-bond acceptors (Lipinski definition) is 6. The van der Waals surface area contributed by atoms with Gasteiger partial charge in [-0.15, -0.1) is 0 Å². The molecule has 0 aliphatic carbocycles. The van der Waals surface area contributed by atoms with Gasteiger partial charge in [0, 0.05) is 48.9 Å². The number of amidine groups is 1. The molecular formula is C29H41N7O5. The summed E-state index contributed by atoms with van der Waals surface area (Å²) in [7, 11) is 0. The number of benzene rings is 1. The second-order valence-corrected chi connectivity index (χ2v) is 11.0. The SMILES string of the molecule is CCn1c(CCC2CCCN2C(=O)CN2CCC[C@H](NC(=O)CC[C@@H](N)C(=O)O)C2=O)cc2ccc(C(=N)N)cc21. The zero-order chi connectivity index (χ0) is 29.7. The standard InChI is InChI=1S/C29H41N7O5/c1-2-35-21(15-18-7-8-19(27(31)32)16-24(18)35)10-9-20-5-3-14-36(20)26(38)17-34-13-4-6-23(28(34)39)33-25(37)12-11-22(30)29(40)41/h7-8,15-16,20,22-23H,2-6,9-14,17,30H2,1H3,(H3,31,32)(H,33,37)(H,40,41)/t20?,22-,23+/m1/s1. The number of hydrogen-bond donors (Lipinski definition) is 5. The van der Waals surface area contributed by atoms with Gasteiger partial charge in [-0.1, -0.05) is 12.1 Å². The predicted molar refractivity (Wildman–Crippen MR) is 154 cm³/mol. The van der Waals surface area contributed by atoms with Crippen molar-refractivity contribution >= 4 is 40.4 Å². The monoisotopic (exact) mass is 567 g/mol. The van der Waals surface area contributed by atoms with Crippen LogP contribution >= 0.6 is 0 Å². The second kappa shape index (κ2) is 13.2. The molecule has 3 heterocycles. The van der Waals surface area contributed by atoms with Crippen molar-refractivity contribution < 1.29 is 24.3 Å². The Morgan fingerprint density at radius 1 is 1.17 bits per heavy atom. The number of likely N-dealkylation sites (tertiary alicyclic amines) is 2. The van der Waals surface area contributed by atoms with Crippen LogP contribution in [0.1, 0.15) is 63.1 Å². The maximum Gasteiger partial charge on any atom is 0.320 e. The molecule has 2 aliphatic rings. The molecule has 0 spiro atoms. The Morgan fingerprint density at radius 3 is 2.63 bits per heavy atom. The van der Waals surface area contributed by atoms with E-state index in [1.807, 2.05) is 23.1 Å². The highest BCUT2D eigenvalue weighted by Crippen LogP contribution is 2.26. The van der Waals surface area contributed by atoms with E-state index in [4.69, 9.17) is 22.0 Å². The lowest BCUT2D eigenvalue weighted by Gasteiger charge is -2.34. The molecule has 41 heavy (non-hydrogen) atoms. The largest absolute Gasteiger partial charge is 0.480 e. The highest BCUT2D eigenvalue weighted by Gasteiger charge is 2.34. The summed E-state index contributed by atoms with van der Waals surface area (Å²) in [5.74, 6) is -1.92. The van der Waals surface area contributed by atoms with Gasteiger partial charge in [-0.3, -0.25) is 24.6 Å². The van der Waals surface area contributed by atoms with E-state index in [1.54, 1.807) is 0 Å². The molecule has 222 valence electrons. The molecule has 0 bridgehead atoms. The van der Waals surface area contributed by atoms with Crippen LogP contribution in [0, 0.1) is 5.41 Å². The van der Waals surface area contributed by atoms with Crippen LogP contribution in [0.2, 0.25) is 0 Å². The number of nitrogens with zero attached hydrogens (tertiary/aromatic N) is 3. The molecule has 4 rings (SSSR count).